The highest BCUT2D eigenvalue weighted by molar-refractivity contribution is 5.94. The Kier molecular flexibility index (Phi) is 7.01. The van der Waals surface area contributed by atoms with E-state index in [1.807, 2.05) is 45.0 Å². The van der Waals surface area contributed by atoms with Gasteiger partial charge < -0.3 is 14.5 Å². The van der Waals surface area contributed by atoms with E-state index in [1.165, 1.54) is 0 Å². The van der Waals surface area contributed by atoms with E-state index in [-0.39, 0.29) is 35.9 Å². The number of hydrogen-bond acceptors (Lipinski definition) is 4. The van der Waals surface area contributed by atoms with Gasteiger partial charge in [-0.25, -0.2) is 4.79 Å². The number of carbonyl (C=O) groups excluding carboxylic acids is 3. The smallest absolute Gasteiger partial charge is 0.410 e. The van der Waals surface area contributed by atoms with Gasteiger partial charge in [-0.15, -0.1) is 0 Å². The normalized spacial score (nSPS) is 23.0. The fourth-order valence-electron chi connectivity index (χ4n) is 5.36. The van der Waals surface area contributed by atoms with Gasteiger partial charge in [-0.05, 0) is 50.2 Å². The third kappa shape index (κ3) is 4.92. The molecule has 174 valence electrons. The van der Waals surface area contributed by atoms with Crippen LogP contribution in [0.4, 0.5) is 4.79 Å². The molecule has 3 saturated heterocycles. The molecule has 0 spiro atoms. The zero-order chi connectivity index (χ0) is 22.7. The summed E-state index contributed by atoms with van der Waals surface area (Å²) in [6.45, 7) is 7.43. The summed E-state index contributed by atoms with van der Waals surface area (Å²) < 4.78 is 5.34. The Morgan fingerprint density at radius 1 is 0.969 bits per heavy atom. The van der Waals surface area contributed by atoms with Gasteiger partial charge in [-0.3, -0.25) is 14.5 Å². The second-order valence-corrected chi connectivity index (χ2v) is 9.76. The predicted octanol–water partition coefficient (Wildman–Crippen LogP) is 3.40. The van der Waals surface area contributed by atoms with Gasteiger partial charge in [0, 0.05) is 43.7 Å². The lowest BCUT2D eigenvalue weighted by molar-refractivity contribution is -0.138. The van der Waals surface area contributed by atoms with Crippen LogP contribution in [-0.2, 0) is 9.53 Å². The predicted molar refractivity (Wildman–Crippen MR) is 121 cm³/mol. The molecule has 0 aromatic heterocycles. The van der Waals surface area contributed by atoms with Gasteiger partial charge in [0.1, 0.15) is 6.61 Å². The van der Waals surface area contributed by atoms with E-state index >= 15 is 0 Å². The number of hydrogen-bond donors (Lipinski definition) is 0. The zero-order valence-corrected chi connectivity index (χ0v) is 19.2. The first-order valence-electron chi connectivity index (χ1n) is 12.0. The number of benzene rings is 1. The minimum atomic E-state index is -0.198. The van der Waals surface area contributed by atoms with Gasteiger partial charge in [0.25, 0.3) is 5.91 Å². The topological polar surface area (TPSA) is 70.2 Å². The van der Waals surface area contributed by atoms with Crippen LogP contribution in [0.25, 0.3) is 0 Å². The van der Waals surface area contributed by atoms with Crippen LogP contribution < -0.4 is 0 Å². The maximum Gasteiger partial charge on any atom is 0.410 e. The molecule has 0 N–H and O–H groups in total. The maximum atomic E-state index is 13.1. The highest BCUT2D eigenvalue weighted by Crippen LogP contribution is 2.29. The van der Waals surface area contributed by atoms with E-state index in [0.29, 0.717) is 57.1 Å². The number of amides is 3. The van der Waals surface area contributed by atoms with Crippen LogP contribution in [0.2, 0.25) is 0 Å². The monoisotopic (exact) mass is 441 g/mol. The van der Waals surface area contributed by atoms with E-state index in [0.717, 1.165) is 19.3 Å². The summed E-state index contributed by atoms with van der Waals surface area (Å²) >= 11 is 0. The van der Waals surface area contributed by atoms with Crippen molar-refractivity contribution in [2.24, 2.45) is 11.8 Å². The molecule has 3 amide bonds. The number of piperidine rings is 2. The Balaban J connectivity index is 1.26. The van der Waals surface area contributed by atoms with Crippen LogP contribution in [0.5, 0.6) is 0 Å². The standard InChI is InChI=1S/C25H35N3O4/c1-18(2)16-22-17-32-25(31)28(22)21-10-14-27(15-11-21)24(30)20-8-12-26(13-9-20)23(29)19-6-4-3-5-7-19/h3-7,18,20-22H,8-17H2,1-2H3. The number of likely N-dealkylation sites (tertiary alicyclic amines) is 2. The van der Waals surface area contributed by atoms with Crippen LogP contribution in [0.1, 0.15) is 56.3 Å². The molecule has 0 radical (unpaired) electrons. The van der Waals surface area contributed by atoms with Crippen LogP contribution in [0, 0.1) is 11.8 Å². The van der Waals surface area contributed by atoms with Crippen molar-refractivity contribution >= 4 is 17.9 Å². The van der Waals surface area contributed by atoms with Crippen molar-refractivity contribution in [3.63, 3.8) is 0 Å². The molecule has 0 aliphatic carbocycles. The highest BCUT2D eigenvalue weighted by Gasteiger charge is 2.40. The van der Waals surface area contributed by atoms with E-state index in [2.05, 4.69) is 13.8 Å². The summed E-state index contributed by atoms with van der Waals surface area (Å²) in [4.78, 5) is 43.8. The van der Waals surface area contributed by atoms with E-state index < -0.39 is 0 Å². The molecule has 1 atom stereocenters. The van der Waals surface area contributed by atoms with Gasteiger partial charge in [0.05, 0.1) is 6.04 Å². The van der Waals surface area contributed by atoms with Crippen molar-refractivity contribution in [2.75, 3.05) is 32.8 Å². The second kappa shape index (κ2) is 9.92. The lowest BCUT2D eigenvalue weighted by Gasteiger charge is -2.40. The summed E-state index contributed by atoms with van der Waals surface area (Å²) in [5.74, 6) is 0.749. The Morgan fingerprint density at radius 3 is 2.22 bits per heavy atom. The molecule has 4 rings (SSSR count). The number of cyclic esters (lactones) is 1. The first-order chi connectivity index (χ1) is 15.4. The van der Waals surface area contributed by atoms with Crippen LogP contribution in [0.15, 0.2) is 30.3 Å². The van der Waals surface area contributed by atoms with Gasteiger partial charge in [-0.1, -0.05) is 32.0 Å². The van der Waals surface area contributed by atoms with Crippen molar-refractivity contribution < 1.29 is 19.1 Å². The second-order valence-electron chi connectivity index (χ2n) is 9.76. The molecule has 1 unspecified atom stereocenters. The molecule has 32 heavy (non-hydrogen) atoms. The molecule has 3 aliphatic rings. The van der Waals surface area contributed by atoms with Gasteiger partial charge in [-0.2, -0.15) is 0 Å². The lowest BCUT2D eigenvalue weighted by Crippen LogP contribution is -2.52. The fourth-order valence-corrected chi connectivity index (χ4v) is 5.36. The van der Waals surface area contributed by atoms with Crippen molar-refractivity contribution in [3.8, 4) is 0 Å². The van der Waals surface area contributed by atoms with Crippen molar-refractivity contribution in [3.05, 3.63) is 35.9 Å². The molecule has 0 bridgehead atoms. The molecular weight excluding hydrogens is 406 g/mol. The third-order valence-corrected chi connectivity index (χ3v) is 7.07. The number of nitrogens with zero attached hydrogens (tertiary/aromatic N) is 3. The van der Waals surface area contributed by atoms with Crippen molar-refractivity contribution in [1.82, 2.24) is 14.7 Å². The summed E-state index contributed by atoms with van der Waals surface area (Å²) in [6, 6.07) is 9.64. The molecule has 3 heterocycles. The van der Waals surface area contributed by atoms with Crippen molar-refractivity contribution in [2.45, 2.75) is 58.0 Å². The molecule has 3 aliphatic heterocycles. The molecular formula is C25H35N3O4. The molecule has 7 nitrogen and oxygen atoms in total. The summed E-state index contributed by atoms with van der Waals surface area (Å²) in [5, 5.41) is 0. The Labute approximate surface area is 190 Å². The van der Waals surface area contributed by atoms with Gasteiger partial charge in [0.2, 0.25) is 5.91 Å². The summed E-state index contributed by atoms with van der Waals surface area (Å²) in [7, 11) is 0. The van der Waals surface area contributed by atoms with Gasteiger partial charge in [0.15, 0.2) is 0 Å². The van der Waals surface area contributed by atoms with Gasteiger partial charge >= 0.3 is 6.09 Å². The first kappa shape index (κ1) is 22.6. The van der Waals surface area contributed by atoms with E-state index in [4.69, 9.17) is 4.74 Å². The summed E-state index contributed by atoms with van der Waals surface area (Å²) in [6.07, 6.45) is 3.79. The molecule has 0 saturated carbocycles. The zero-order valence-electron chi connectivity index (χ0n) is 19.2. The van der Waals surface area contributed by atoms with Crippen LogP contribution in [-0.4, -0.2) is 77.5 Å². The number of ether oxygens (including phenoxy) is 1. The molecule has 1 aromatic rings. The Morgan fingerprint density at radius 2 is 1.59 bits per heavy atom. The minimum absolute atomic E-state index is 0.0168. The highest BCUT2D eigenvalue weighted by atomic mass is 16.6. The van der Waals surface area contributed by atoms with Crippen molar-refractivity contribution in [1.29, 1.82) is 0 Å². The molecule has 1 aromatic carbocycles. The largest absolute Gasteiger partial charge is 0.447 e. The number of carbonyl (C=O) groups is 3. The third-order valence-electron chi connectivity index (χ3n) is 7.07. The summed E-state index contributed by atoms with van der Waals surface area (Å²) in [5.41, 5.74) is 0.704. The average Bonchev–Trinajstić information content (AvgIpc) is 3.18. The van der Waals surface area contributed by atoms with E-state index in [1.54, 1.807) is 0 Å². The average molecular weight is 442 g/mol. The quantitative estimate of drug-likeness (QED) is 0.702. The first-order valence-corrected chi connectivity index (χ1v) is 12.0. The SMILES string of the molecule is CC(C)CC1COC(=O)N1C1CCN(C(=O)C2CCN(C(=O)c3ccccc3)CC2)CC1. The molecule has 3 fully saturated rings. The number of rotatable bonds is 5. The maximum absolute atomic E-state index is 13.1. The molecule has 7 heteroatoms. The Bertz CT molecular complexity index is 812. The fraction of sp³-hybridized carbons (Fsp3) is 0.640. The van der Waals surface area contributed by atoms with Crippen LogP contribution in [0.3, 0.4) is 0 Å². The van der Waals surface area contributed by atoms with Crippen LogP contribution >= 0.6 is 0 Å². The lowest BCUT2D eigenvalue weighted by atomic mass is 9.92. The minimum Gasteiger partial charge on any atom is -0.447 e. The van der Waals surface area contributed by atoms with E-state index in [9.17, 15) is 14.4 Å². The Hall–Kier alpha value is -2.57.